The van der Waals surface area contributed by atoms with Crippen molar-refractivity contribution in [2.24, 2.45) is 0 Å². The van der Waals surface area contributed by atoms with Gasteiger partial charge in [-0.2, -0.15) is 5.10 Å². The second kappa shape index (κ2) is 7.87. The molecule has 2 aromatic heterocycles. The Bertz CT molecular complexity index is 965. The molecular formula is C20H28BClN4O4. The van der Waals surface area contributed by atoms with Crippen LogP contribution in [0.3, 0.4) is 0 Å². The first-order chi connectivity index (χ1) is 13.8. The Balaban J connectivity index is 1.92. The van der Waals surface area contributed by atoms with E-state index in [-0.39, 0.29) is 6.54 Å². The molecule has 1 saturated heterocycles. The summed E-state index contributed by atoms with van der Waals surface area (Å²) in [7, 11) is -0.658. The van der Waals surface area contributed by atoms with Crippen LogP contribution in [0.4, 0.5) is 4.79 Å². The number of nitrogens with one attached hydrogen (secondary N) is 1. The summed E-state index contributed by atoms with van der Waals surface area (Å²) in [5.74, 6) is 0. The van der Waals surface area contributed by atoms with E-state index >= 15 is 0 Å². The zero-order valence-corrected chi connectivity index (χ0v) is 19.2. The van der Waals surface area contributed by atoms with Gasteiger partial charge in [-0.25, -0.2) is 14.3 Å². The maximum absolute atomic E-state index is 12.2. The summed E-state index contributed by atoms with van der Waals surface area (Å²) in [6, 6.07) is 3.46. The lowest BCUT2D eigenvalue weighted by atomic mass is 9.77. The molecule has 0 saturated carbocycles. The van der Waals surface area contributed by atoms with Gasteiger partial charge in [0.25, 0.3) is 0 Å². The van der Waals surface area contributed by atoms with Crippen LogP contribution in [0, 0.1) is 0 Å². The molecule has 162 valence electrons. The molecule has 0 unspecified atom stereocenters. The molecule has 3 rings (SSSR count). The summed E-state index contributed by atoms with van der Waals surface area (Å²) in [5.41, 5.74) is 0.388. The number of rotatable bonds is 4. The van der Waals surface area contributed by atoms with Crippen LogP contribution in [0.1, 0.15) is 54.2 Å². The van der Waals surface area contributed by atoms with Crippen molar-refractivity contribution in [2.75, 3.05) is 6.54 Å². The molecule has 2 aromatic rings. The van der Waals surface area contributed by atoms with Gasteiger partial charge < -0.3 is 19.4 Å². The number of carbonyl (C=O) groups excluding carboxylic acids is 1. The Morgan fingerprint density at radius 3 is 2.50 bits per heavy atom. The number of halogens is 1. The van der Waals surface area contributed by atoms with Gasteiger partial charge >= 0.3 is 13.2 Å². The van der Waals surface area contributed by atoms with Gasteiger partial charge in [0, 0.05) is 6.54 Å². The van der Waals surface area contributed by atoms with Crippen LogP contribution in [0.5, 0.6) is 0 Å². The number of carbonyl (C=O) groups is 1. The van der Waals surface area contributed by atoms with E-state index in [1.54, 1.807) is 22.8 Å². The van der Waals surface area contributed by atoms with Gasteiger partial charge in [-0.05, 0) is 72.1 Å². The molecule has 0 atom stereocenters. The second-order valence-corrected chi connectivity index (χ2v) is 9.66. The fourth-order valence-electron chi connectivity index (χ4n) is 2.84. The molecule has 8 nitrogen and oxygen atoms in total. The number of nitrogens with zero attached hydrogens (tertiary/aromatic N) is 3. The molecule has 0 aromatic carbocycles. The fourth-order valence-corrected chi connectivity index (χ4v) is 2.98. The number of imidazole rings is 1. The molecule has 0 bridgehead atoms. The largest absolute Gasteiger partial charge is 0.492 e. The molecular weight excluding hydrogens is 407 g/mol. The monoisotopic (exact) mass is 434 g/mol. The van der Waals surface area contributed by atoms with E-state index in [2.05, 4.69) is 15.4 Å². The summed E-state index contributed by atoms with van der Waals surface area (Å²) in [4.78, 5) is 16.5. The molecule has 0 spiro atoms. The van der Waals surface area contributed by atoms with E-state index in [0.29, 0.717) is 22.0 Å². The average molecular weight is 435 g/mol. The molecule has 1 amide bonds. The van der Waals surface area contributed by atoms with Gasteiger partial charge in [-0.15, -0.1) is 0 Å². The summed E-state index contributed by atoms with van der Waals surface area (Å²) < 4.78 is 19.3. The predicted molar refractivity (Wildman–Crippen MR) is 116 cm³/mol. The molecule has 1 aliphatic rings. The minimum absolute atomic E-state index is 0.166. The number of hydrogen-bond acceptors (Lipinski definition) is 6. The van der Waals surface area contributed by atoms with Crippen molar-refractivity contribution in [3.05, 3.63) is 34.6 Å². The standard InChI is InChI=1S/C20H28BClN4O4/c1-18(2,3)28-17(27)24-11-13(21-29-19(4,5)20(6,7)30-21)10-14-12-23-16-9-8-15(22)25-26(14)16/h8-10,12H,11H2,1-7H3,(H,24,27). The molecule has 1 aliphatic heterocycles. The summed E-state index contributed by atoms with van der Waals surface area (Å²) in [6.45, 7) is 13.5. The van der Waals surface area contributed by atoms with E-state index in [1.807, 2.05) is 54.5 Å². The highest BCUT2D eigenvalue weighted by Gasteiger charge is 2.52. The Labute approximate surface area is 182 Å². The molecule has 3 heterocycles. The van der Waals surface area contributed by atoms with Crippen molar-refractivity contribution in [3.63, 3.8) is 0 Å². The second-order valence-electron chi connectivity index (χ2n) is 9.27. The summed E-state index contributed by atoms with van der Waals surface area (Å²) in [6.07, 6.45) is 2.99. The van der Waals surface area contributed by atoms with Gasteiger partial charge in [0.1, 0.15) is 10.8 Å². The molecule has 10 heteroatoms. The fraction of sp³-hybridized carbons (Fsp3) is 0.550. The van der Waals surface area contributed by atoms with Crippen LogP contribution in [0.25, 0.3) is 11.7 Å². The molecule has 0 aliphatic carbocycles. The normalized spacial score (nSPS) is 18.7. The Kier molecular flexibility index (Phi) is 5.92. The van der Waals surface area contributed by atoms with Crippen molar-refractivity contribution < 1.29 is 18.8 Å². The average Bonchev–Trinajstić information content (AvgIpc) is 3.07. The first-order valence-electron chi connectivity index (χ1n) is 9.81. The minimum atomic E-state index is -0.658. The maximum Gasteiger partial charge on any atom is 0.492 e. The lowest BCUT2D eigenvalue weighted by Crippen LogP contribution is -2.41. The van der Waals surface area contributed by atoms with Crippen LogP contribution in [0.15, 0.2) is 23.8 Å². The Hall–Kier alpha value is -2.10. The lowest BCUT2D eigenvalue weighted by Gasteiger charge is -2.32. The number of ether oxygens (including phenoxy) is 1. The molecule has 1 N–H and O–H groups in total. The highest BCUT2D eigenvalue weighted by Crippen LogP contribution is 2.38. The lowest BCUT2D eigenvalue weighted by molar-refractivity contribution is 0.00578. The van der Waals surface area contributed by atoms with Crippen molar-refractivity contribution in [3.8, 4) is 0 Å². The van der Waals surface area contributed by atoms with Crippen LogP contribution >= 0.6 is 11.6 Å². The number of aromatic nitrogens is 3. The van der Waals surface area contributed by atoms with Crippen LogP contribution < -0.4 is 5.32 Å². The van der Waals surface area contributed by atoms with Gasteiger partial charge in [-0.3, -0.25) is 0 Å². The summed E-state index contributed by atoms with van der Waals surface area (Å²) in [5, 5.41) is 7.42. The predicted octanol–water partition coefficient (Wildman–Crippen LogP) is 3.92. The van der Waals surface area contributed by atoms with Gasteiger partial charge in [0.05, 0.1) is 23.1 Å². The van der Waals surface area contributed by atoms with Crippen LogP contribution in [-0.2, 0) is 14.0 Å². The maximum atomic E-state index is 12.2. The molecule has 0 radical (unpaired) electrons. The van der Waals surface area contributed by atoms with Crippen molar-refractivity contribution >= 4 is 36.5 Å². The number of fused-ring (bicyclic) bond motifs is 1. The first kappa shape index (κ1) is 22.6. The van der Waals surface area contributed by atoms with E-state index in [1.165, 1.54) is 0 Å². The minimum Gasteiger partial charge on any atom is -0.444 e. The van der Waals surface area contributed by atoms with Gasteiger partial charge in [-0.1, -0.05) is 11.6 Å². The number of alkyl carbamates (subject to hydrolysis) is 1. The quantitative estimate of drug-likeness (QED) is 0.734. The van der Waals surface area contributed by atoms with E-state index < -0.39 is 30.0 Å². The van der Waals surface area contributed by atoms with Crippen molar-refractivity contribution in [2.45, 2.75) is 65.3 Å². The third-order valence-corrected chi connectivity index (χ3v) is 5.28. The van der Waals surface area contributed by atoms with Gasteiger partial charge in [0.15, 0.2) is 5.65 Å². The van der Waals surface area contributed by atoms with Gasteiger partial charge in [0.2, 0.25) is 0 Å². The summed E-state index contributed by atoms with van der Waals surface area (Å²) >= 11 is 6.05. The highest BCUT2D eigenvalue weighted by atomic mass is 35.5. The number of amides is 1. The molecule has 30 heavy (non-hydrogen) atoms. The third kappa shape index (κ3) is 4.96. The Morgan fingerprint density at radius 2 is 1.90 bits per heavy atom. The van der Waals surface area contributed by atoms with Crippen molar-refractivity contribution in [1.82, 2.24) is 19.9 Å². The third-order valence-electron chi connectivity index (χ3n) is 5.08. The first-order valence-corrected chi connectivity index (χ1v) is 10.2. The van der Waals surface area contributed by atoms with Crippen LogP contribution in [-0.4, -0.2) is 51.2 Å². The van der Waals surface area contributed by atoms with E-state index in [0.717, 1.165) is 0 Å². The topological polar surface area (TPSA) is 87.0 Å². The highest BCUT2D eigenvalue weighted by molar-refractivity contribution is 6.56. The SMILES string of the molecule is CC(C)(C)OC(=O)NCC(=Cc1cnc2ccc(Cl)nn12)B1OC(C)(C)C(C)(C)O1. The van der Waals surface area contributed by atoms with Crippen molar-refractivity contribution in [1.29, 1.82) is 0 Å². The van der Waals surface area contributed by atoms with E-state index in [9.17, 15) is 4.79 Å². The smallest absolute Gasteiger partial charge is 0.444 e. The zero-order valence-electron chi connectivity index (χ0n) is 18.4. The molecule has 1 fully saturated rings. The number of hydrogen-bond donors (Lipinski definition) is 1. The Morgan fingerprint density at radius 1 is 1.27 bits per heavy atom. The zero-order chi connectivity index (χ0) is 22.3. The van der Waals surface area contributed by atoms with E-state index in [4.69, 9.17) is 25.6 Å². The van der Waals surface area contributed by atoms with Crippen LogP contribution in [0.2, 0.25) is 5.15 Å².